The third kappa shape index (κ3) is 3.04. The molecule has 0 spiro atoms. The van der Waals surface area contributed by atoms with E-state index in [1.807, 2.05) is 18.5 Å². The number of amidine groups is 1. The summed E-state index contributed by atoms with van der Waals surface area (Å²) in [6, 6.07) is 5.33. The molecular formula is C19H22N5O4+. The highest BCUT2D eigenvalue weighted by Crippen LogP contribution is 2.36. The van der Waals surface area contributed by atoms with Crippen molar-refractivity contribution in [1.82, 2.24) is 4.90 Å². The van der Waals surface area contributed by atoms with Gasteiger partial charge in [0.2, 0.25) is 11.5 Å². The van der Waals surface area contributed by atoms with E-state index < -0.39 is 6.09 Å². The number of amides is 1. The molecule has 1 amide bonds. The van der Waals surface area contributed by atoms with Gasteiger partial charge in [0.15, 0.2) is 5.82 Å². The molecule has 0 aromatic heterocycles. The number of rotatable bonds is 4. The minimum atomic E-state index is -1.14. The first-order valence-corrected chi connectivity index (χ1v) is 8.95. The molecule has 9 nitrogen and oxygen atoms in total. The van der Waals surface area contributed by atoms with Gasteiger partial charge in [0.1, 0.15) is 11.9 Å². The number of hydrogen-bond donors (Lipinski definition) is 2. The molecule has 4 rings (SSSR count). The fourth-order valence-corrected chi connectivity index (χ4v) is 3.59. The number of allylic oxidation sites excluding steroid dienone is 1. The highest BCUT2D eigenvalue weighted by molar-refractivity contribution is 6.01. The van der Waals surface area contributed by atoms with Gasteiger partial charge in [0.25, 0.3) is 0 Å². The highest BCUT2D eigenvalue weighted by atomic mass is 16.5. The molecule has 2 N–H and O–H groups in total. The van der Waals surface area contributed by atoms with E-state index in [1.54, 1.807) is 18.3 Å². The lowest BCUT2D eigenvalue weighted by molar-refractivity contribution is -0.713. The maximum absolute atomic E-state index is 11.0. The zero-order valence-corrected chi connectivity index (χ0v) is 15.8. The summed E-state index contributed by atoms with van der Waals surface area (Å²) in [4.78, 5) is 22.5. The Hall–Kier alpha value is -3.17. The molecule has 3 aliphatic heterocycles. The van der Waals surface area contributed by atoms with E-state index in [-0.39, 0.29) is 0 Å². The second-order valence-corrected chi connectivity index (χ2v) is 6.74. The summed E-state index contributed by atoms with van der Waals surface area (Å²) < 4.78 is 11.2. The fraction of sp³-hybridized carbons (Fsp3) is 0.316. The molecule has 1 atom stereocenters. The number of fused-ring (bicyclic) bond motifs is 1. The van der Waals surface area contributed by atoms with E-state index in [1.165, 1.54) is 7.11 Å². The molecule has 0 radical (unpaired) electrons. The van der Waals surface area contributed by atoms with Crippen molar-refractivity contribution in [2.75, 3.05) is 45.8 Å². The second-order valence-electron chi connectivity index (χ2n) is 6.74. The predicted molar refractivity (Wildman–Crippen MR) is 104 cm³/mol. The number of morpholine rings is 1. The Morgan fingerprint density at radius 2 is 2.14 bits per heavy atom. The van der Waals surface area contributed by atoms with Crippen molar-refractivity contribution in [1.29, 1.82) is 0 Å². The van der Waals surface area contributed by atoms with Crippen LogP contribution in [0.2, 0.25) is 0 Å². The largest absolute Gasteiger partial charge is 0.495 e. The Bertz CT molecular complexity index is 930. The van der Waals surface area contributed by atoms with E-state index >= 15 is 0 Å². The third-order valence-corrected chi connectivity index (χ3v) is 5.04. The SMILES string of the molecule is COc1cc(C2=NC(N3CCOCC3)=C3C=NC=C[N+]23C)ccc1NC(=O)O. The Balaban J connectivity index is 1.76. The molecule has 1 aromatic carbocycles. The minimum Gasteiger partial charge on any atom is -0.495 e. The summed E-state index contributed by atoms with van der Waals surface area (Å²) >= 11 is 0. The van der Waals surface area contributed by atoms with E-state index in [9.17, 15) is 4.79 Å². The number of anilines is 1. The summed E-state index contributed by atoms with van der Waals surface area (Å²) in [5.41, 5.74) is 2.22. The van der Waals surface area contributed by atoms with Crippen LogP contribution in [0.4, 0.5) is 10.5 Å². The number of benzene rings is 1. The van der Waals surface area contributed by atoms with E-state index in [2.05, 4.69) is 22.3 Å². The summed E-state index contributed by atoms with van der Waals surface area (Å²) in [6.07, 6.45) is 4.45. The zero-order valence-electron chi connectivity index (χ0n) is 15.8. The number of hydrogen-bond acceptors (Lipinski definition) is 6. The van der Waals surface area contributed by atoms with E-state index in [4.69, 9.17) is 19.6 Å². The first-order valence-electron chi connectivity index (χ1n) is 8.95. The van der Waals surface area contributed by atoms with Crippen LogP contribution in [0.15, 0.2) is 52.1 Å². The van der Waals surface area contributed by atoms with Gasteiger partial charge < -0.3 is 19.5 Å². The molecule has 9 heteroatoms. The average Bonchev–Trinajstić information content (AvgIpc) is 3.01. The van der Waals surface area contributed by atoms with Gasteiger partial charge in [-0.3, -0.25) is 10.3 Å². The van der Waals surface area contributed by atoms with Gasteiger partial charge >= 0.3 is 6.09 Å². The summed E-state index contributed by atoms with van der Waals surface area (Å²) in [5.74, 6) is 2.14. The number of ether oxygens (including phenoxy) is 2. The predicted octanol–water partition coefficient (Wildman–Crippen LogP) is 2.05. The van der Waals surface area contributed by atoms with Gasteiger partial charge in [-0.05, 0) is 18.2 Å². The van der Waals surface area contributed by atoms with Crippen LogP contribution in [0.5, 0.6) is 5.75 Å². The lowest BCUT2D eigenvalue weighted by atomic mass is 10.1. The molecule has 0 aliphatic carbocycles. The van der Waals surface area contributed by atoms with Crippen molar-refractivity contribution in [2.24, 2.45) is 9.98 Å². The van der Waals surface area contributed by atoms with Crippen LogP contribution in [-0.4, -0.2) is 73.1 Å². The van der Waals surface area contributed by atoms with Crippen molar-refractivity contribution < 1.29 is 23.9 Å². The molecule has 146 valence electrons. The monoisotopic (exact) mass is 384 g/mol. The van der Waals surface area contributed by atoms with Crippen molar-refractivity contribution in [3.8, 4) is 5.75 Å². The zero-order chi connectivity index (χ0) is 19.7. The number of aliphatic imine (C=N–C) groups is 2. The van der Waals surface area contributed by atoms with Gasteiger partial charge in [-0.1, -0.05) is 0 Å². The number of nitrogens with zero attached hydrogens (tertiary/aromatic N) is 4. The van der Waals surface area contributed by atoms with Crippen molar-refractivity contribution in [3.05, 3.63) is 47.7 Å². The van der Waals surface area contributed by atoms with Crippen LogP contribution in [0.1, 0.15) is 5.56 Å². The van der Waals surface area contributed by atoms with Crippen LogP contribution in [-0.2, 0) is 4.74 Å². The number of carbonyl (C=O) groups is 1. The summed E-state index contributed by atoms with van der Waals surface area (Å²) in [7, 11) is 3.56. The Labute approximate surface area is 162 Å². The Kier molecular flexibility index (Phi) is 4.62. The fourth-order valence-electron chi connectivity index (χ4n) is 3.59. The van der Waals surface area contributed by atoms with Gasteiger partial charge in [-0.2, -0.15) is 4.99 Å². The number of nitrogens with one attached hydrogen (secondary N) is 1. The average molecular weight is 384 g/mol. The lowest BCUT2D eigenvalue weighted by Crippen LogP contribution is -2.43. The summed E-state index contributed by atoms with van der Waals surface area (Å²) in [5, 5.41) is 11.3. The number of quaternary nitrogens is 1. The highest BCUT2D eigenvalue weighted by Gasteiger charge is 2.44. The molecule has 1 aromatic rings. The first kappa shape index (κ1) is 18.2. The van der Waals surface area contributed by atoms with Gasteiger partial charge in [-0.15, -0.1) is 0 Å². The molecule has 3 heterocycles. The van der Waals surface area contributed by atoms with Crippen LogP contribution in [0, 0.1) is 0 Å². The molecule has 0 bridgehead atoms. The van der Waals surface area contributed by atoms with E-state index in [0.29, 0.717) is 29.1 Å². The smallest absolute Gasteiger partial charge is 0.409 e. The molecule has 1 saturated heterocycles. The maximum Gasteiger partial charge on any atom is 0.409 e. The first-order chi connectivity index (χ1) is 13.5. The van der Waals surface area contributed by atoms with Gasteiger partial charge in [-0.25, -0.2) is 9.28 Å². The molecule has 0 saturated carbocycles. The molecular weight excluding hydrogens is 362 g/mol. The van der Waals surface area contributed by atoms with Crippen LogP contribution >= 0.6 is 0 Å². The van der Waals surface area contributed by atoms with Gasteiger partial charge in [0.05, 0.1) is 51.0 Å². The minimum absolute atomic E-state index is 0.380. The number of methoxy groups -OCH3 is 1. The van der Waals surface area contributed by atoms with Crippen molar-refractivity contribution >= 4 is 23.8 Å². The van der Waals surface area contributed by atoms with Crippen molar-refractivity contribution in [2.45, 2.75) is 0 Å². The van der Waals surface area contributed by atoms with Crippen LogP contribution in [0.3, 0.4) is 0 Å². The maximum atomic E-state index is 11.0. The topological polar surface area (TPSA) is 95.8 Å². The Morgan fingerprint density at radius 1 is 1.36 bits per heavy atom. The van der Waals surface area contributed by atoms with E-state index in [0.717, 1.165) is 36.0 Å². The molecule has 1 unspecified atom stereocenters. The summed E-state index contributed by atoms with van der Waals surface area (Å²) in [6.45, 7) is 2.89. The van der Waals surface area contributed by atoms with Crippen molar-refractivity contribution in [3.63, 3.8) is 0 Å². The second kappa shape index (κ2) is 7.10. The Morgan fingerprint density at radius 3 is 2.86 bits per heavy atom. The third-order valence-electron chi connectivity index (χ3n) is 5.04. The standard InChI is InChI=1S/C19H21N5O4/c1-24-8-5-20-12-15(24)17(23-6-9-28-10-7-23)22-18(24)13-3-4-14(21-19(25)26)16(11-13)27-2/h3-5,8,11-12H,6-7,9-10H2,1-2H3,(H-,20,21,22,25,26)/p+1. The van der Waals surface area contributed by atoms with Crippen LogP contribution in [0.25, 0.3) is 0 Å². The molecule has 1 fully saturated rings. The lowest BCUT2D eigenvalue weighted by Gasteiger charge is -2.30. The van der Waals surface area contributed by atoms with Gasteiger partial charge in [0, 0.05) is 13.1 Å². The van der Waals surface area contributed by atoms with Crippen LogP contribution < -0.4 is 10.1 Å². The number of carboxylic acid groups (broad SMARTS) is 1. The normalized spacial score (nSPS) is 23.5. The molecule has 28 heavy (non-hydrogen) atoms. The quantitative estimate of drug-likeness (QED) is 0.775. The molecule has 3 aliphatic rings.